The molecule has 0 bridgehead atoms. The van der Waals surface area contributed by atoms with Crippen LogP contribution in [0.4, 0.5) is 4.39 Å². The summed E-state index contributed by atoms with van der Waals surface area (Å²) < 4.78 is 30.8. The Bertz CT molecular complexity index is 614. The predicted molar refractivity (Wildman–Crippen MR) is 77.9 cm³/mol. The van der Waals surface area contributed by atoms with Crippen molar-refractivity contribution >= 4 is 17.7 Å². The summed E-state index contributed by atoms with van der Waals surface area (Å²) in [5.74, 6) is -1.82. The van der Waals surface area contributed by atoms with E-state index in [0.29, 0.717) is 25.0 Å². The summed E-state index contributed by atoms with van der Waals surface area (Å²) >= 11 is 5.90. The molecule has 0 aromatic heterocycles. The predicted octanol–water partition coefficient (Wildman–Crippen LogP) is 3.34. The lowest BCUT2D eigenvalue weighted by molar-refractivity contribution is -0.401. The zero-order valence-corrected chi connectivity index (χ0v) is 12.9. The average molecular weight is 332 g/mol. The molecule has 1 aromatic carbocycles. The van der Waals surface area contributed by atoms with Crippen LogP contribution in [0.5, 0.6) is 5.75 Å². The molecule has 0 amide bonds. The second-order valence-corrected chi connectivity index (χ2v) is 5.05. The van der Waals surface area contributed by atoms with E-state index in [2.05, 4.69) is 0 Å². The van der Waals surface area contributed by atoms with E-state index < -0.39 is 16.5 Å². The Labute approximate surface area is 131 Å². The topological polar surface area (TPSA) is 70.8 Å². The molecule has 0 atom stereocenters. The van der Waals surface area contributed by atoms with Crippen LogP contribution in [0.15, 0.2) is 12.3 Å². The van der Waals surface area contributed by atoms with Crippen molar-refractivity contribution in [3.63, 3.8) is 0 Å². The minimum Gasteiger partial charge on any atom is -0.493 e. The zero-order valence-electron chi connectivity index (χ0n) is 12.1. The molecule has 120 valence electrons. The summed E-state index contributed by atoms with van der Waals surface area (Å²) in [7, 11) is 0. The maximum absolute atomic E-state index is 14.3. The summed E-state index contributed by atoms with van der Waals surface area (Å²) in [5, 5.41) is 10.3. The summed E-state index contributed by atoms with van der Waals surface area (Å²) in [4.78, 5) is 9.82. The standard InChI is InChI=1S/C14H15ClFNO5/c1-3-20-13-9(4-5-17(18)19)12(16)11(15)8-10(13)14(2)21-6-7-22-14/h4-5,8H,3,6-7H2,1-2H3. The van der Waals surface area contributed by atoms with Crippen molar-refractivity contribution in [1.29, 1.82) is 0 Å². The molecule has 1 aliphatic heterocycles. The molecule has 8 heteroatoms. The van der Waals surface area contributed by atoms with Crippen LogP contribution in [0.3, 0.4) is 0 Å². The molecular formula is C14H15ClFNO5. The maximum atomic E-state index is 14.3. The van der Waals surface area contributed by atoms with Crippen molar-refractivity contribution in [2.24, 2.45) is 0 Å². The highest BCUT2D eigenvalue weighted by molar-refractivity contribution is 6.31. The van der Waals surface area contributed by atoms with Gasteiger partial charge in [-0.3, -0.25) is 10.1 Å². The molecule has 0 saturated carbocycles. The van der Waals surface area contributed by atoms with Crippen molar-refractivity contribution < 1.29 is 23.5 Å². The van der Waals surface area contributed by atoms with Crippen molar-refractivity contribution in [1.82, 2.24) is 0 Å². The molecule has 0 unspecified atom stereocenters. The SMILES string of the molecule is CCOc1c(C2(C)OCCO2)cc(Cl)c(F)c1C=C[N+](=O)[O-]. The van der Waals surface area contributed by atoms with Crippen LogP contribution in [0.1, 0.15) is 25.0 Å². The summed E-state index contributed by atoms with van der Waals surface area (Å²) in [6.07, 6.45) is 1.63. The summed E-state index contributed by atoms with van der Waals surface area (Å²) in [6, 6.07) is 1.36. The first-order valence-electron chi connectivity index (χ1n) is 6.64. The highest BCUT2D eigenvalue weighted by atomic mass is 35.5. The molecule has 1 fully saturated rings. The van der Waals surface area contributed by atoms with Crippen LogP contribution < -0.4 is 4.74 Å². The van der Waals surface area contributed by atoms with Gasteiger partial charge in [0.2, 0.25) is 6.20 Å². The first kappa shape index (κ1) is 16.7. The summed E-state index contributed by atoms with van der Waals surface area (Å²) in [5.41, 5.74) is 0.280. The van der Waals surface area contributed by atoms with Crippen molar-refractivity contribution in [3.8, 4) is 5.75 Å². The van der Waals surface area contributed by atoms with E-state index in [0.717, 1.165) is 6.08 Å². The second-order valence-electron chi connectivity index (χ2n) is 4.64. The van der Waals surface area contributed by atoms with Crippen molar-refractivity contribution in [2.45, 2.75) is 19.6 Å². The van der Waals surface area contributed by atoms with Gasteiger partial charge in [-0.2, -0.15) is 0 Å². The van der Waals surface area contributed by atoms with Crippen molar-refractivity contribution in [3.05, 3.63) is 44.3 Å². The van der Waals surface area contributed by atoms with Gasteiger partial charge >= 0.3 is 0 Å². The smallest absolute Gasteiger partial charge is 0.235 e. The molecule has 0 N–H and O–H groups in total. The number of nitrogens with zero attached hydrogens (tertiary/aromatic N) is 1. The van der Waals surface area contributed by atoms with E-state index >= 15 is 0 Å². The molecule has 1 aromatic rings. The quantitative estimate of drug-likeness (QED) is 0.611. The fourth-order valence-electron chi connectivity index (χ4n) is 2.22. The maximum Gasteiger partial charge on any atom is 0.235 e. The van der Waals surface area contributed by atoms with Gasteiger partial charge in [0.05, 0.1) is 40.9 Å². The molecule has 0 spiro atoms. The van der Waals surface area contributed by atoms with Crippen LogP contribution in [0.25, 0.3) is 6.08 Å². The van der Waals surface area contributed by atoms with E-state index in [9.17, 15) is 14.5 Å². The van der Waals surface area contributed by atoms with E-state index in [4.69, 9.17) is 25.8 Å². The monoisotopic (exact) mass is 331 g/mol. The van der Waals surface area contributed by atoms with Gasteiger partial charge in [-0.05, 0) is 19.9 Å². The molecular weight excluding hydrogens is 317 g/mol. The molecule has 22 heavy (non-hydrogen) atoms. The minimum absolute atomic E-state index is 0.110. The van der Waals surface area contributed by atoms with Gasteiger partial charge in [-0.1, -0.05) is 11.6 Å². The first-order valence-corrected chi connectivity index (χ1v) is 7.01. The van der Waals surface area contributed by atoms with E-state index in [1.165, 1.54) is 6.07 Å². The van der Waals surface area contributed by atoms with Crippen LogP contribution in [-0.4, -0.2) is 24.7 Å². The number of halogens is 2. The number of ether oxygens (including phenoxy) is 3. The number of benzene rings is 1. The van der Waals surface area contributed by atoms with Gasteiger partial charge in [-0.25, -0.2) is 4.39 Å². The molecule has 0 aliphatic carbocycles. The summed E-state index contributed by atoms with van der Waals surface area (Å²) in [6.45, 7) is 4.36. The lowest BCUT2D eigenvalue weighted by Gasteiger charge is -2.26. The molecule has 1 saturated heterocycles. The minimum atomic E-state index is -1.14. The fourth-order valence-corrected chi connectivity index (χ4v) is 2.43. The zero-order chi connectivity index (χ0) is 16.3. The van der Waals surface area contributed by atoms with E-state index in [1.54, 1.807) is 13.8 Å². The van der Waals surface area contributed by atoms with Crippen LogP contribution >= 0.6 is 11.6 Å². The van der Waals surface area contributed by atoms with Gasteiger partial charge in [-0.15, -0.1) is 0 Å². The van der Waals surface area contributed by atoms with Gasteiger partial charge in [0, 0.05) is 6.08 Å². The molecule has 6 nitrogen and oxygen atoms in total. The largest absolute Gasteiger partial charge is 0.493 e. The Morgan fingerprint density at radius 1 is 1.55 bits per heavy atom. The third kappa shape index (κ3) is 3.21. The highest BCUT2D eigenvalue weighted by Gasteiger charge is 2.38. The van der Waals surface area contributed by atoms with Crippen molar-refractivity contribution in [2.75, 3.05) is 19.8 Å². The third-order valence-electron chi connectivity index (χ3n) is 3.19. The number of hydrogen-bond donors (Lipinski definition) is 0. The van der Waals surface area contributed by atoms with Gasteiger partial charge < -0.3 is 14.2 Å². The first-order chi connectivity index (χ1) is 10.4. The Balaban J connectivity index is 2.65. The van der Waals surface area contributed by atoms with Crippen LogP contribution in [0.2, 0.25) is 5.02 Å². The molecule has 1 aliphatic rings. The van der Waals surface area contributed by atoms with Gasteiger partial charge in [0.1, 0.15) is 5.75 Å². The molecule has 0 radical (unpaired) electrons. The normalized spacial score (nSPS) is 17.1. The Morgan fingerprint density at radius 3 is 2.73 bits per heavy atom. The lowest BCUT2D eigenvalue weighted by Crippen LogP contribution is -2.24. The highest BCUT2D eigenvalue weighted by Crippen LogP contribution is 2.42. The fraction of sp³-hybridized carbons (Fsp3) is 0.429. The number of nitro groups is 1. The lowest BCUT2D eigenvalue weighted by atomic mass is 10.0. The average Bonchev–Trinajstić information content (AvgIpc) is 2.90. The van der Waals surface area contributed by atoms with Gasteiger partial charge in [0.15, 0.2) is 11.6 Å². The number of hydrogen-bond acceptors (Lipinski definition) is 5. The molecule has 2 rings (SSSR count). The number of rotatable bonds is 5. The Morgan fingerprint density at radius 2 is 2.18 bits per heavy atom. The Hall–Kier alpha value is -1.70. The third-order valence-corrected chi connectivity index (χ3v) is 3.46. The van der Waals surface area contributed by atoms with Gasteiger partial charge in [0.25, 0.3) is 0 Å². The van der Waals surface area contributed by atoms with E-state index in [1.807, 2.05) is 0 Å². The van der Waals surface area contributed by atoms with Crippen LogP contribution in [-0.2, 0) is 15.3 Å². The molecule has 1 heterocycles. The second kappa shape index (κ2) is 6.60. The van der Waals surface area contributed by atoms with Crippen LogP contribution in [0, 0.1) is 15.9 Å². The Kier molecular flexibility index (Phi) is 5.00. The van der Waals surface area contributed by atoms with E-state index in [-0.39, 0.29) is 22.9 Å².